The predicted octanol–water partition coefficient (Wildman–Crippen LogP) is 1.32. The summed E-state index contributed by atoms with van der Waals surface area (Å²) in [5, 5.41) is 5.15. The van der Waals surface area contributed by atoms with Crippen LogP contribution in [-0.4, -0.2) is 38.6 Å². The van der Waals surface area contributed by atoms with E-state index in [1.54, 1.807) is 18.2 Å². The summed E-state index contributed by atoms with van der Waals surface area (Å²) in [6.07, 6.45) is -0.478. The Morgan fingerprint density at radius 3 is 2.76 bits per heavy atom. The number of ether oxygens (including phenoxy) is 2. The summed E-state index contributed by atoms with van der Waals surface area (Å²) >= 11 is 0. The van der Waals surface area contributed by atoms with Gasteiger partial charge in [0.1, 0.15) is 0 Å². The maximum atomic E-state index is 13.1. The topological polar surface area (TPSA) is 59.6 Å². The molecule has 1 unspecified atom stereocenters. The Balaban J connectivity index is 1.99. The summed E-state index contributed by atoms with van der Waals surface area (Å²) < 4.78 is 36.5. The number of carbonyl (C=O) groups excluding carboxylic acids is 1. The molecule has 0 aliphatic carbocycles. The minimum Gasteiger partial charge on any atom is -0.493 e. The van der Waals surface area contributed by atoms with Gasteiger partial charge in [-0.3, -0.25) is 10.1 Å². The minimum absolute atomic E-state index is 0.183. The molecule has 2 rings (SSSR count). The van der Waals surface area contributed by atoms with Crippen molar-refractivity contribution in [1.29, 1.82) is 0 Å². The minimum atomic E-state index is -2.82. The lowest BCUT2D eigenvalue weighted by atomic mass is 10.1. The van der Waals surface area contributed by atoms with Gasteiger partial charge in [0.15, 0.2) is 11.5 Å². The van der Waals surface area contributed by atoms with E-state index in [4.69, 9.17) is 9.47 Å². The second-order valence-corrected chi connectivity index (χ2v) is 4.86. The number of alkyl halides is 2. The van der Waals surface area contributed by atoms with Crippen LogP contribution in [0.1, 0.15) is 12.0 Å². The Labute approximate surface area is 121 Å². The van der Waals surface area contributed by atoms with Crippen LogP contribution >= 0.6 is 0 Å². The molecule has 0 bridgehead atoms. The van der Waals surface area contributed by atoms with Gasteiger partial charge in [-0.05, 0) is 6.07 Å². The highest BCUT2D eigenvalue weighted by molar-refractivity contribution is 5.82. The molecule has 1 heterocycles. The van der Waals surface area contributed by atoms with Crippen molar-refractivity contribution in [1.82, 2.24) is 10.6 Å². The van der Waals surface area contributed by atoms with Crippen LogP contribution in [0.3, 0.4) is 0 Å². The molecule has 116 valence electrons. The summed E-state index contributed by atoms with van der Waals surface area (Å²) in [5.41, 5.74) is 0.718. The van der Waals surface area contributed by atoms with Crippen LogP contribution in [0.25, 0.3) is 0 Å². The van der Waals surface area contributed by atoms with Crippen LogP contribution < -0.4 is 20.1 Å². The Morgan fingerprint density at radius 1 is 1.43 bits per heavy atom. The van der Waals surface area contributed by atoms with E-state index in [2.05, 4.69) is 10.6 Å². The fraction of sp³-hybridized carbons (Fsp3) is 0.500. The van der Waals surface area contributed by atoms with Crippen molar-refractivity contribution in [3.8, 4) is 11.5 Å². The van der Waals surface area contributed by atoms with Crippen molar-refractivity contribution in [2.75, 3.05) is 20.8 Å². The molecule has 0 aromatic heterocycles. The predicted molar refractivity (Wildman–Crippen MR) is 72.7 cm³/mol. The van der Waals surface area contributed by atoms with Gasteiger partial charge >= 0.3 is 0 Å². The van der Waals surface area contributed by atoms with Crippen molar-refractivity contribution in [3.05, 3.63) is 23.8 Å². The lowest BCUT2D eigenvalue weighted by Gasteiger charge is -2.15. The standard InChI is InChI=1S/C14H18F2N2O3/c1-20-11-5-3-4-9(12(11)21-2)7-17-13(19)10-6-14(15,16)8-18-10/h3-5,10,18H,6-8H2,1-2H3,(H,17,19). The number of para-hydroxylation sites is 1. The maximum Gasteiger partial charge on any atom is 0.262 e. The normalized spacial score (nSPS) is 20.1. The van der Waals surface area contributed by atoms with E-state index >= 15 is 0 Å². The molecule has 1 atom stereocenters. The molecule has 1 amide bonds. The number of hydrogen-bond acceptors (Lipinski definition) is 4. The monoisotopic (exact) mass is 300 g/mol. The molecule has 2 N–H and O–H groups in total. The Hall–Kier alpha value is -1.89. The molecule has 0 saturated carbocycles. The Morgan fingerprint density at radius 2 is 2.19 bits per heavy atom. The van der Waals surface area contributed by atoms with E-state index in [1.165, 1.54) is 14.2 Å². The molecule has 1 aliphatic rings. The van der Waals surface area contributed by atoms with Gasteiger partial charge in [0, 0.05) is 18.5 Å². The fourth-order valence-electron chi connectivity index (χ4n) is 2.30. The number of nitrogens with one attached hydrogen (secondary N) is 2. The van der Waals surface area contributed by atoms with Gasteiger partial charge in [0.05, 0.1) is 26.8 Å². The smallest absolute Gasteiger partial charge is 0.262 e. The second-order valence-electron chi connectivity index (χ2n) is 4.86. The van der Waals surface area contributed by atoms with Crippen LogP contribution in [0.15, 0.2) is 18.2 Å². The third-order valence-electron chi connectivity index (χ3n) is 3.36. The van der Waals surface area contributed by atoms with Crippen LogP contribution in [0, 0.1) is 0 Å². The fourth-order valence-corrected chi connectivity index (χ4v) is 2.30. The highest BCUT2D eigenvalue weighted by Crippen LogP contribution is 2.30. The summed E-state index contributed by atoms with van der Waals surface area (Å²) in [6.45, 7) is -0.281. The first-order chi connectivity index (χ1) is 9.96. The third-order valence-corrected chi connectivity index (χ3v) is 3.36. The van der Waals surface area contributed by atoms with Crippen molar-refractivity contribution in [3.63, 3.8) is 0 Å². The molecule has 5 nitrogen and oxygen atoms in total. The number of hydrogen-bond donors (Lipinski definition) is 2. The number of halogens is 2. The van der Waals surface area contributed by atoms with E-state index in [9.17, 15) is 13.6 Å². The average Bonchev–Trinajstić information content (AvgIpc) is 2.84. The Bertz CT molecular complexity index is 523. The summed E-state index contributed by atoms with van der Waals surface area (Å²) in [5.74, 6) is -2.20. The zero-order valence-corrected chi connectivity index (χ0v) is 11.9. The van der Waals surface area contributed by atoms with Crippen molar-refractivity contribution in [2.45, 2.75) is 24.9 Å². The highest BCUT2D eigenvalue weighted by atomic mass is 19.3. The summed E-state index contributed by atoms with van der Waals surface area (Å²) in [4.78, 5) is 11.9. The molecule has 1 aromatic carbocycles. The molecule has 1 fully saturated rings. The van der Waals surface area contributed by atoms with E-state index in [0.717, 1.165) is 5.56 Å². The average molecular weight is 300 g/mol. The van der Waals surface area contributed by atoms with Crippen LogP contribution in [-0.2, 0) is 11.3 Å². The first kappa shape index (κ1) is 15.5. The van der Waals surface area contributed by atoms with Crippen LogP contribution in [0.2, 0.25) is 0 Å². The molecule has 21 heavy (non-hydrogen) atoms. The zero-order chi connectivity index (χ0) is 15.5. The molecule has 7 heteroatoms. The lowest BCUT2D eigenvalue weighted by Crippen LogP contribution is -2.40. The zero-order valence-electron chi connectivity index (χ0n) is 11.9. The first-order valence-corrected chi connectivity index (χ1v) is 6.55. The molecule has 1 aliphatic heterocycles. The number of amides is 1. The quantitative estimate of drug-likeness (QED) is 0.861. The van der Waals surface area contributed by atoms with Gasteiger partial charge in [0.2, 0.25) is 5.91 Å². The highest BCUT2D eigenvalue weighted by Gasteiger charge is 2.42. The molecule has 1 saturated heterocycles. The molecular formula is C14H18F2N2O3. The van der Waals surface area contributed by atoms with Crippen LogP contribution in [0.4, 0.5) is 8.78 Å². The molecule has 1 aromatic rings. The lowest BCUT2D eigenvalue weighted by molar-refractivity contribution is -0.123. The first-order valence-electron chi connectivity index (χ1n) is 6.55. The SMILES string of the molecule is COc1cccc(CNC(=O)C2CC(F)(F)CN2)c1OC. The van der Waals surface area contributed by atoms with Gasteiger partial charge in [-0.1, -0.05) is 12.1 Å². The van der Waals surface area contributed by atoms with Gasteiger partial charge in [-0.25, -0.2) is 8.78 Å². The van der Waals surface area contributed by atoms with Gasteiger partial charge < -0.3 is 14.8 Å². The van der Waals surface area contributed by atoms with E-state index in [-0.39, 0.29) is 6.54 Å². The van der Waals surface area contributed by atoms with Gasteiger partial charge in [0.25, 0.3) is 5.92 Å². The van der Waals surface area contributed by atoms with Gasteiger partial charge in [-0.2, -0.15) is 0 Å². The molecular weight excluding hydrogens is 282 g/mol. The maximum absolute atomic E-state index is 13.1. The van der Waals surface area contributed by atoms with Crippen molar-refractivity contribution >= 4 is 5.91 Å². The Kier molecular flexibility index (Phi) is 4.62. The number of benzene rings is 1. The summed E-state index contributed by atoms with van der Waals surface area (Å²) in [6, 6.07) is 4.42. The van der Waals surface area contributed by atoms with Crippen molar-refractivity contribution in [2.24, 2.45) is 0 Å². The number of methoxy groups -OCH3 is 2. The van der Waals surface area contributed by atoms with E-state index < -0.39 is 30.8 Å². The van der Waals surface area contributed by atoms with E-state index in [0.29, 0.717) is 11.5 Å². The van der Waals surface area contributed by atoms with Crippen LogP contribution in [0.5, 0.6) is 11.5 Å². The third kappa shape index (κ3) is 3.60. The molecule has 0 radical (unpaired) electrons. The van der Waals surface area contributed by atoms with E-state index in [1.807, 2.05) is 0 Å². The largest absolute Gasteiger partial charge is 0.493 e. The number of rotatable bonds is 5. The molecule has 0 spiro atoms. The second kappa shape index (κ2) is 6.26. The van der Waals surface area contributed by atoms with Crippen molar-refractivity contribution < 1.29 is 23.0 Å². The number of carbonyl (C=O) groups is 1. The summed E-state index contributed by atoms with van der Waals surface area (Å²) in [7, 11) is 3.02. The van der Waals surface area contributed by atoms with Gasteiger partial charge in [-0.15, -0.1) is 0 Å².